The maximum Gasteiger partial charge on any atom is 0.323 e. The first kappa shape index (κ1) is 21.8. The Morgan fingerprint density at radius 2 is 2.09 bits per heavy atom. The van der Waals surface area contributed by atoms with Gasteiger partial charge in [-0.05, 0) is 42.8 Å². The van der Waals surface area contributed by atoms with Gasteiger partial charge in [0.15, 0.2) is 0 Å². The van der Waals surface area contributed by atoms with E-state index in [1.54, 1.807) is 10.9 Å². The summed E-state index contributed by atoms with van der Waals surface area (Å²) in [5, 5.41) is 11.5. The molecule has 1 aliphatic heterocycles. The second-order valence-corrected chi connectivity index (χ2v) is 9.09. The minimum Gasteiger partial charge on any atom is -0.465 e. The van der Waals surface area contributed by atoms with E-state index in [0.29, 0.717) is 31.1 Å². The summed E-state index contributed by atoms with van der Waals surface area (Å²) >= 11 is 6.13. The van der Waals surface area contributed by atoms with Gasteiger partial charge in [0.05, 0.1) is 29.7 Å². The highest BCUT2D eigenvalue weighted by atomic mass is 35.5. The number of nitrogens with zero attached hydrogens (tertiary/aromatic N) is 5. The van der Waals surface area contributed by atoms with Crippen LogP contribution in [0.1, 0.15) is 23.9 Å². The van der Waals surface area contributed by atoms with Crippen LogP contribution in [0, 0.1) is 0 Å². The summed E-state index contributed by atoms with van der Waals surface area (Å²) < 4.78 is 7.18. The van der Waals surface area contributed by atoms with Crippen LogP contribution in [-0.4, -0.2) is 48.5 Å². The van der Waals surface area contributed by atoms with Crippen molar-refractivity contribution < 1.29 is 9.53 Å². The molecule has 4 heterocycles. The topological polar surface area (TPSA) is 88.9 Å². The van der Waals surface area contributed by atoms with Gasteiger partial charge in [-0.1, -0.05) is 35.0 Å². The van der Waals surface area contributed by atoms with E-state index in [1.165, 1.54) is 5.56 Å². The van der Waals surface area contributed by atoms with Gasteiger partial charge < -0.3 is 9.72 Å². The van der Waals surface area contributed by atoms with E-state index in [4.69, 9.17) is 16.3 Å². The Labute approximate surface area is 206 Å². The number of para-hydroxylation sites is 1. The molecule has 8 nitrogen and oxygen atoms in total. The Bertz CT molecular complexity index is 1560. The predicted molar refractivity (Wildman–Crippen MR) is 133 cm³/mol. The molecule has 1 unspecified atom stereocenters. The number of halogens is 1. The molecule has 0 bridgehead atoms. The number of ether oxygens (including phenoxy) is 1. The first-order valence-corrected chi connectivity index (χ1v) is 11.9. The number of aromatic nitrogens is 5. The largest absolute Gasteiger partial charge is 0.465 e. The molecular weight excluding hydrogens is 464 g/mol. The van der Waals surface area contributed by atoms with Crippen molar-refractivity contribution in [2.24, 2.45) is 0 Å². The minimum atomic E-state index is -0.393. The second kappa shape index (κ2) is 8.79. The average Bonchev–Trinajstić information content (AvgIpc) is 3.47. The zero-order valence-corrected chi connectivity index (χ0v) is 19.9. The van der Waals surface area contributed by atoms with Gasteiger partial charge in [0.2, 0.25) is 0 Å². The van der Waals surface area contributed by atoms with Crippen molar-refractivity contribution in [3.05, 3.63) is 82.9 Å². The van der Waals surface area contributed by atoms with Crippen LogP contribution in [-0.2, 0) is 29.0 Å². The van der Waals surface area contributed by atoms with E-state index in [-0.39, 0.29) is 5.97 Å². The zero-order chi connectivity index (χ0) is 23.9. The van der Waals surface area contributed by atoms with Crippen LogP contribution in [0.25, 0.3) is 27.5 Å². The van der Waals surface area contributed by atoms with Gasteiger partial charge in [-0.15, -0.1) is 5.10 Å². The van der Waals surface area contributed by atoms with E-state index in [1.807, 2.05) is 49.5 Å². The lowest BCUT2D eigenvalue weighted by Crippen LogP contribution is -2.45. The number of hydrogen-bond acceptors (Lipinski definition) is 6. The number of benzene rings is 2. The summed E-state index contributed by atoms with van der Waals surface area (Å²) in [6.07, 6.45) is 4.21. The van der Waals surface area contributed by atoms with Crippen molar-refractivity contribution in [2.75, 3.05) is 6.61 Å². The standard InChI is InChI=1S/C26H23ClN6O2/c1-2-35-26(34)25-12-20-18-5-3-4-6-21(18)29-23(20)15-32(25)13-17-14-33(31-30-17)24-9-10-28-22-11-16(27)7-8-19(22)24/h3-11,14,25,29H,2,12-13,15H2,1H3. The fourth-order valence-electron chi connectivity index (χ4n) is 4.90. The highest BCUT2D eigenvalue weighted by molar-refractivity contribution is 6.31. The number of aromatic amines is 1. The van der Waals surface area contributed by atoms with Crippen molar-refractivity contribution in [3.63, 3.8) is 0 Å². The molecule has 0 saturated heterocycles. The second-order valence-electron chi connectivity index (χ2n) is 8.65. The number of nitrogens with one attached hydrogen (secondary N) is 1. The van der Waals surface area contributed by atoms with Crippen molar-refractivity contribution in [1.29, 1.82) is 0 Å². The maximum atomic E-state index is 12.9. The van der Waals surface area contributed by atoms with E-state index in [2.05, 4.69) is 37.3 Å². The van der Waals surface area contributed by atoms with Crippen LogP contribution < -0.4 is 0 Å². The van der Waals surface area contributed by atoms with Crippen LogP contribution in [0.4, 0.5) is 0 Å². The molecule has 1 atom stereocenters. The van der Waals surface area contributed by atoms with Crippen molar-refractivity contribution in [1.82, 2.24) is 29.9 Å². The molecule has 0 fully saturated rings. The molecule has 3 aromatic heterocycles. The number of carbonyl (C=O) groups excluding carboxylic acids is 1. The number of H-pyrrole nitrogens is 1. The average molecular weight is 487 g/mol. The minimum absolute atomic E-state index is 0.215. The predicted octanol–water partition coefficient (Wildman–Crippen LogP) is 4.44. The number of carbonyl (C=O) groups is 1. The van der Waals surface area contributed by atoms with Gasteiger partial charge >= 0.3 is 5.97 Å². The van der Waals surface area contributed by atoms with Crippen LogP contribution >= 0.6 is 11.6 Å². The Hall–Kier alpha value is -3.75. The molecule has 9 heteroatoms. The number of fused-ring (bicyclic) bond motifs is 4. The molecule has 0 aliphatic carbocycles. The third-order valence-electron chi connectivity index (χ3n) is 6.49. The molecule has 5 aromatic rings. The van der Waals surface area contributed by atoms with Crippen molar-refractivity contribution in [2.45, 2.75) is 32.5 Å². The number of pyridine rings is 1. The Kier molecular flexibility index (Phi) is 5.47. The lowest BCUT2D eigenvalue weighted by molar-refractivity contribution is -0.150. The van der Waals surface area contributed by atoms with Gasteiger partial charge in [-0.25, -0.2) is 4.68 Å². The molecule has 1 N–H and O–H groups in total. The Morgan fingerprint density at radius 1 is 1.20 bits per heavy atom. The third kappa shape index (κ3) is 3.94. The molecule has 35 heavy (non-hydrogen) atoms. The molecule has 1 aliphatic rings. The molecule has 2 aromatic carbocycles. The fraction of sp³-hybridized carbons (Fsp3) is 0.231. The molecule has 0 saturated carbocycles. The van der Waals surface area contributed by atoms with Gasteiger partial charge in [-0.2, -0.15) is 0 Å². The third-order valence-corrected chi connectivity index (χ3v) is 6.73. The van der Waals surface area contributed by atoms with Crippen molar-refractivity contribution in [3.8, 4) is 5.69 Å². The Balaban J connectivity index is 1.32. The summed E-state index contributed by atoms with van der Waals surface area (Å²) in [5.41, 5.74) is 5.80. The molecule has 0 spiro atoms. The summed E-state index contributed by atoms with van der Waals surface area (Å²) in [6, 6.07) is 15.3. The maximum absolute atomic E-state index is 12.9. The summed E-state index contributed by atoms with van der Waals surface area (Å²) in [6.45, 7) is 3.24. The smallest absolute Gasteiger partial charge is 0.323 e. The number of esters is 1. The molecular formula is C26H23ClN6O2. The van der Waals surface area contributed by atoms with Gasteiger partial charge in [0.1, 0.15) is 6.04 Å². The first-order valence-electron chi connectivity index (χ1n) is 11.6. The molecule has 176 valence electrons. The van der Waals surface area contributed by atoms with Crippen LogP contribution in [0.3, 0.4) is 0 Å². The lowest BCUT2D eigenvalue weighted by atomic mass is 9.96. The normalized spacial score (nSPS) is 16.0. The molecule has 6 rings (SSSR count). The van der Waals surface area contributed by atoms with Crippen LogP contribution in [0.2, 0.25) is 5.02 Å². The SMILES string of the molecule is CCOC(=O)C1Cc2c([nH]c3ccccc23)CN1Cc1cn(-c2ccnc3cc(Cl)ccc23)nn1. The van der Waals surface area contributed by atoms with Gasteiger partial charge in [0.25, 0.3) is 0 Å². The first-order chi connectivity index (χ1) is 17.1. The number of rotatable bonds is 5. The monoisotopic (exact) mass is 486 g/mol. The van der Waals surface area contributed by atoms with Crippen LogP contribution in [0.15, 0.2) is 60.9 Å². The summed E-state index contributed by atoms with van der Waals surface area (Å²) in [5.74, 6) is -0.215. The highest BCUT2D eigenvalue weighted by Crippen LogP contribution is 2.31. The number of hydrogen-bond donors (Lipinski definition) is 1. The van der Waals surface area contributed by atoms with Crippen molar-refractivity contribution >= 4 is 39.4 Å². The van der Waals surface area contributed by atoms with Gasteiger partial charge in [-0.3, -0.25) is 14.7 Å². The van der Waals surface area contributed by atoms with E-state index >= 15 is 0 Å². The van der Waals surface area contributed by atoms with E-state index in [0.717, 1.165) is 38.9 Å². The quantitative estimate of drug-likeness (QED) is 0.369. The zero-order valence-electron chi connectivity index (χ0n) is 19.1. The fourth-order valence-corrected chi connectivity index (χ4v) is 5.07. The highest BCUT2D eigenvalue weighted by Gasteiger charge is 2.35. The molecule has 0 amide bonds. The summed E-state index contributed by atoms with van der Waals surface area (Å²) in [4.78, 5) is 23.0. The molecule has 0 radical (unpaired) electrons. The van der Waals surface area contributed by atoms with Gasteiger partial charge in [0, 0.05) is 52.7 Å². The van der Waals surface area contributed by atoms with Crippen LogP contribution in [0.5, 0.6) is 0 Å². The Morgan fingerprint density at radius 3 is 2.97 bits per heavy atom. The van der Waals surface area contributed by atoms with E-state index in [9.17, 15) is 4.79 Å². The summed E-state index contributed by atoms with van der Waals surface area (Å²) in [7, 11) is 0. The lowest BCUT2D eigenvalue weighted by Gasteiger charge is -2.33. The van der Waals surface area contributed by atoms with E-state index < -0.39 is 6.04 Å².